The van der Waals surface area contributed by atoms with E-state index in [0.717, 1.165) is 30.8 Å². The molecule has 1 aliphatic heterocycles. The van der Waals surface area contributed by atoms with Crippen LogP contribution in [0.1, 0.15) is 58.8 Å². The first-order valence-corrected chi connectivity index (χ1v) is 8.03. The number of aliphatic carboxylic acids is 1. The van der Waals surface area contributed by atoms with Crippen molar-refractivity contribution in [2.75, 3.05) is 13.1 Å². The first-order chi connectivity index (χ1) is 9.08. The Morgan fingerprint density at radius 1 is 1.21 bits per heavy atom. The second-order valence-corrected chi connectivity index (χ2v) is 6.77. The van der Waals surface area contributed by atoms with Crippen LogP contribution in [0.5, 0.6) is 0 Å². The van der Waals surface area contributed by atoms with Crippen molar-refractivity contribution in [1.29, 1.82) is 0 Å². The van der Waals surface area contributed by atoms with Crippen LogP contribution in [0.15, 0.2) is 0 Å². The number of hydrogen-bond donors (Lipinski definition) is 1. The number of likely N-dealkylation sites (tertiary alicyclic amines) is 1. The molecule has 19 heavy (non-hydrogen) atoms. The highest BCUT2D eigenvalue weighted by Crippen LogP contribution is 2.35. The molecule has 1 heterocycles. The average Bonchev–Trinajstić information content (AvgIpc) is 2.40. The first kappa shape index (κ1) is 14.8. The third-order valence-electron chi connectivity index (χ3n) is 5.45. The molecule has 4 atom stereocenters. The molecule has 1 N–H and O–H groups in total. The molecular formula is C16H29NO2. The normalized spacial score (nSPS) is 37.2. The summed E-state index contributed by atoms with van der Waals surface area (Å²) >= 11 is 0. The summed E-state index contributed by atoms with van der Waals surface area (Å²) in [5.41, 5.74) is 0. The summed E-state index contributed by atoms with van der Waals surface area (Å²) in [6.07, 6.45) is 7.78. The van der Waals surface area contributed by atoms with E-state index in [2.05, 4.69) is 18.7 Å². The van der Waals surface area contributed by atoms with Crippen molar-refractivity contribution in [3.63, 3.8) is 0 Å². The summed E-state index contributed by atoms with van der Waals surface area (Å²) in [4.78, 5) is 13.4. The lowest BCUT2D eigenvalue weighted by atomic mass is 9.76. The lowest BCUT2D eigenvalue weighted by Gasteiger charge is -2.45. The van der Waals surface area contributed by atoms with Gasteiger partial charge >= 0.3 is 5.97 Å². The Morgan fingerprint density at radius 3 is 2.74 bits per heavy atom. The lowest BCUT2D eigenvalue weighted by Crippen LogP contribution is -2.48. The van der Waals surface area contributed by atoms with Crippen molar-refractivity contribution in [2.24, 2.45) is 17.8 Å². The number of piperidine rings is 1. The monoisotopic (exact) mass is 267 g/mol. The van der Waals surface area contributed by atoms with Crippen molar-refractivity contribution in [3.05, 3.63) is 0 Å². The third-order valence-corrected chi connectivity index (χ3v) is 5.45. The molecule has 2 aliphatic rings. The predicted molar refractivity (Wildman–Crippen MR) is 77.1 cm³/mol. The number of hydrogen-bond acceptors (Lipinski definition) is 2. The van der Waals surface area contributed by atoms with Crippen LogP contribution in [0.4, 0.5) is 0 Å². The SMILES string of the molecule is CC1CCCC(N2CCCC(CCC(=O)O)C2)C1C. The second kappa shape index (κ2) is 6.74. The van der Waals surface area contributed by atoms with E-state index >= 15 is 0 Å². The van der Waals surface area contributed by atoms with E-state index in [0.29, 0.717) is 12.3 Å². The van der Waals surface area contributed by atoms with Crippen LogP contribution < -0.4 is 0 Å². The van der Waals surface area contributed by atoms with E-state index in [1.807, 2.05) is 0 Å². The number of carbonyl (C=O) groups is 1. The smallest absolute Gasteiger partial charge is 0.303 e. The zero-order valence-corrected chi connectivity index (χ0v) is 12.5. The molecule has 3 heteroatoms. The highest BCUT2D eigenvalue weighted by Gasteiger charge is 2.33. The van der Waals surface area contributed by atoms with Gasteiger partial charge in [-0.05, 0) is 50.0 Å². The van der Waals surface area contributed by atoms with Crippen molar-refractivity contribution in [1.82, 2.24) is 4.90 Å². The molecule has 0 amide bonds. The molecule has 1 saturated carbocycles. The molecule has 110 valence electrons. The maximum atomic E-state index is 10.7. The molecule has 0 aromatic rings. The van der Waals surface area contributed by atoms with Crippen LogP contribution in [-0.2, 0) is 4.79 Å². The molecule has 0 bridgehead atoms. The number of carboxylic acids is 1. The zero-order valence-electron chi connectivity index (χ0n) is 12.5. The number of carboxylic acid groups (broad SMARTS) is 1. The fraction of sp³-hybridized carbons (Fsp3) is 0.938. The molecule has 2 fully saturated rings. The zero-order chi connectivity index (χ0) is 13.8. The van der Waals surface area contributed by atoms with E-state index in [1.54, 1.807) is 0 Å². The molecule has 0 aromatic heterocycles. The van der Waals surface area contributed by atoms with Crippen molar-refractivity contribution in [3.8, 4) is 0 Å². The summed E-state index contributed by atoms with van der Waals surface area (Å²) in [5.74, 6) is 1.61. The minimum Gasteiger partial charge on any atom is -0.481 e. The molecule has 3 nitrogen and oxygen atoms in total. The van der Waals surface area contributed by atoms with Crippen LogP contribution in [0, 0.1) is 17.8 Å². The van der Waals surface area contributed by atoms with Crippen LogP contribution in [0.3, 0.4) is 0 Å². The van der Waals surface area contributed by atoms with Gasteiger partial charge in [0.15, 0.2) is 0 Å². The quantitative estimate of drug-likeness (QED) is 0.849. The fourth-order valence-electron chi connectivity index (χ4n) is 4.03. The summed E-state index contributed by atoms with van der Waals surface area (Å²) in [7, 11) is 0. The van der Waals surface area contributed by atoms with Crippen molar-refractivity contribution in [2.45, 2.75) is 64.8 Å². The van der Waals surface area contributed by atoms with Gasteiger partial charge in [-0.15, -0.1) is 0 Å². The molecule has 0 aromatic carbocycles. The first-order valence-electron chi connectivity index (χ1n) is 8.03. The van der Waals surface area contributed by atoms with Gasteiger partial charge in [0.05, 0.1) is 0 Å². The summed E-state index contributed by atoms with van der Waals surface area (Å²) in [5, 5.41) is 8.82. The Hall–Kier alpha value is -0.570. The number of nitrogens with zero attached hydrogens (tertiary/aromatic N) is 1. The predicted octanol–water partition coefficient (Wildman–Crippen LogP) is 3.39. The maximum absolute atomic E-state index is 10.7. The fourth-order valence-corrected chi connectivity index (χ4v) is 4.03. The van der Waals surface area contributed by atoms with Gasteiger partial charge < -0.3 is 5.11 Å². The van der Waals surface area contributed by atoms with Crippen LogP contribution in [-0.4, -0.2) is 35.1 Å². The molecule has 0 spiro atoms. The Balaban J connectivity index is 1.87. The molecule has 4 unspecified atom stereocenters. The van der Waals surface area contributed by atoms with Crippen molar-refractivity contribution >= 4 is 5.97 Å². The summed E-state index contributed by atoms with van der Waals surface area (Å²) < 4.78 is 0. The summed E-state index contributed by atoms with van der Waals surface area (Å²) in [6.45, 7) is 7.17. The van der Waals surface area contributed by atoms with Gasteiger partial charge in [0.1, 0.15) is 0 Å². The maximum Gasteiger partial charge on any atom is 0.303 e. The van der Waals surface area contributed by atoms with Gasteiger partial charge in [0, 0.05) is 19.0 Å². The molecule has 2 rings (SSSR count). The van der Waals surface area contributed by atoms with Gasteiger partial charge in [0.2, 0.25) is 0 Å². The lowest BCUT2D eigenvalue weighted by molar-refractivity contribution is -0.137. The highest BCUT2D eigenvalue weighted by molar-refractivity contribution is 5.66. The van der Waals surface area contributed by atoms with Crippen molar-refractivity contribution < 1.29 is 9.90 Å². The van der Waals surface area contributed by atoms with E-state index in [9.17, 15) is 4.79 Å². The third kappa shape index (κ3) is 3.95. The van der Waals surface area contributed by atoms with Gasteiger partial charge in [-0.2, -0.15) is 0 Å². The van der Waals surface area contributed by atoms with Crippen LogP contribution in [0.2, 0.25) is 0 Å². The number of rotatable bonds is 4. The van der Waals surface area contributed by atoms with Crippen LogP contribution >= 0.6 is 0 Å². The molecule has 1 saturated heterocycles. The highest BCUT2D eigenvalue weighted by atomic mass is 16.4. The second-order valence-electron chi connectivity index (χ2n) is 6.77. The standard InChI is InChI=1S/C16H29NO2/c1-12-5-3-7-15(13(12)2)17-10-4-6-14(11-17)8-9-16(18)19/h12-15H,3-11H2,1-2H3,(H,18,19). The molecular weight excluding hydrogens is 238 g/mol. The Morgan fingerprint density at radius 2 is 2.00 bits per heavy atom. The Bertz CT molecular complexity index is 305. The largest absolute Gasteiger partial charge is 0.481 e. The van der Waals surface area contributed by atoms with E-state index in [-0.39, 0.29) is 0 Å². The van der Waals surface area contributed by atoms with E-state index in [1.165, 1.54) is 38.6 Å². The molecule has 1 aliphatic carbocycles. The van der Waals surface area contributed by atoms with Crippen LogP contribution in [0.25, 0.3) is 0 Å². The van der Waals surface area contributed by atoms with Gasteiger partial charge in [0.25, 0.3) is 0 Å². The average molecular weight is 267 g/mol. The minimum absolute atomic E-state index is 0.342. The summed E-state index contributed by atoms with van der Waals surface area (Å²) in [6, 6.07) is 0.747. The minimum atomic E-state index is -0.642. The van der Waals surface area contributed by atoms with E-state index < -0.39 is 5.97 Å². The Kier molecular flexibility index (Phi) is 5.26. The van der Waals surface area contributed by atoms with Gasteiger partial charge in [-0.25, -0.2) is 0 Å². The molecule has 0 radical (unpaired) electrons. The topological polar surface area (TPSA) is 40.5 Å². The Labute approximate surface area is 117 Å². The van der Waals surface area contributed by atoms with Gasteiger partial charge in [-0.1, -0.05) is 26.7 Å². The van der Waals surface area contributed by atoms with E-state index in [4.69, 9.17) is 5.11 Å². The van der Waals surface area contributed by atoms with Gasteiger partial charge in [-0.3, -0.25) is 9.69 Å².